The van der Waals surface area contributed by atoms with Gasteiger partial charge in [-0.1, -0.05) is 77.3 Å². The maximum atomic E-state index is 14.7. The zero-order chi connectivity index (χ0) is 41.7. The molecule has 1 aromatic carbocycles. The summed E-state index contributed by atoms with van der Waals surface area (Å²) in [6, 6.07) is 6.44. The average Bonchev–Trinajstić information content (AvgIpc) is 3.64. The number of benzene rings is 1. The summed E-state index contributed by atoms with van der Waals surface area (Å²) >= 11 is 1.13. The lowest BCUT2D eigenvalue weighted by Crippen LogP contribution is -2.50. The number of esters is 2. The zero-order valence-corrected chi connectivity index (χ0v) is 35.4. The number of ketones is 1. The Bertz CT molecular complexity index is 1640. The molecule has 2 heterocycles. The van der Waals surface area contributed by atoms with Crippen molar-refractivity contribution >= 4 is 46.8 Å². The fraction of sp³-hybridized carbons (Fsp3) is 0.643. The molecule has 1 aliphatic rings. The molecule has 1 unspecified atom stereocenters. The number of carboxylic acids is 1. The number of hydrogen-bond acceptors (Lipinski definition) is 11. The number of nitrogens with zero attached hydrogens (tertiary/aromatic N) is 3. The minimum absolute atomic E-state index is 0.0179. The van der Waals surface area contributed by atoms with Gasteiger partial charge >= 0.3 is 17.9 Å². The van der Waals surface area contributed by atoms with Crippen molar-refractivity contribution in [1.29, 1.82) is 0 Å². The number of hydrogen-bond donors (Lipinski definition) is 2. The minimum atomic E-state index is -0.965. The smallest absolute Gasteiger partial charge is 0.306 e. The Labute approximate surface area is 335 Å². The van der Waals surface area contributed by atoms with E-state index in [0.717, 1.165) is 48.3 Å². The predicted octanol–water partition coefficient (Wildman–Crippen LogP) is 6.38. The van der Waals surface area contributed by atoms with Gasteiger partial charge in [0, 0.05) is 50.1 Å². The molecule has 2 N–H and O–H groups in total. The molecule has 56 heavy (non-hydrogen) atoms. The van der Waals surface area contributed by atoms with E-state index in [1.807, 2.05) is 65.9 Å². The maximum Gasteiger partial charge on any atom is 0.306 e. The van der Waals surface area contributed by atoms with Crippen molar-refractivity contribution in [2.75, 3.05) is 20.3 Å². The number of amides is 2. The standard InChI is InChI=1S/C42H62N4O9S/c1-10-27(5)33(21-37(49)35-13-11-12-18-45(35)9)41(51)46(24-54-29(7)47)36(25(2)3)22-38(55-30(8)48)40-44-34(23-56-40)39(50)43-32(19-28(6)42(52)53)20-31-16-14-26(4)15-17-31/h14-17,23,25,27-28,32-33,35-36,38H,10-13,18-22,24H2,1-9H3,(H,43,50)(H,52,53)/t27-,28-,32+,33?,35+,36+,38+/m0/s1. The molecule has 1 saturated heterocycles. The number of likely N-dealkylation sites (tertiary alicyclic amines) is 1. The Balaban J connectivity index is 1.92. The van der Waals surface area contributed by atoms with Crippen LogP contribution in [0.5, 0.6) is 0 Å². The second-order valence-corrected chi connectivity index (χ2v) is 16.7. The van der Waals surface area contributed by atoms with Crippen LogP contribution in [-0.2, 0) is 39.9 Å². The molecule has 7 atom stereocenters. The van der Waals surface area contributed by atoms with Crippen LogP contribution >= 0.6 is 11.3 Å². The number of nitrogens with one attached hydrogen (secondary N) is 1. The molecule has 1 aliphatic heterocycles. The summed E-state index contributed by atoms with van der Waals surface area (Å²) in [5.41, 5.74) is 2.11. The number of carbonyl (C=O) groups is 6. The molecular formula is C42H62N4O9S. The number of thiazole rings is 1. The first-order valence-corrected chi connectivity index (χ1v) is 20.7. The van der Waals surface area contributed by atoms with Crippen LogP contribution in [0.2, 0.25) is 0 Å². The first-order chi connectivity index (χ1) is 26.4. The van der Waals surface area contributed by atoms with Gasteiger partial charge in [-0.25, -0.2) is 4.98 Å². The first kappa shape index (κ1) is 46.2. The largest absolute Gasteiger partial charge is 0.481 e. The van der Waals surface area contributed by atoms with E-state index in [1.54, 1.807) is 12.3 Å². The van der Waals surface area contributed by atoms with E-state index < -0.39 is 53.8 Å². The lowest BCUT2D eigenvalue weighted by Gasteiger charge is -2.39. The molecule has 1 aromatic heterocycles. The van der Waals surface area contributed by atoms with Gasteiger partial charge in [0.2, 0.25) is 5.91 Å². The number of aliphatic carboxylic acids is 1. The second kappa shape index (κ2) is 21.9. The van der Waals surface area contributed by atoms with Gasteiger partial charge in [-0.05, 0) is 63.6 Å². The highest BCUT2D eigenvalue weighted by Crippen LogP contribution is 2.33. The predicted molar refractivity (Wildman–Crippen MR) is 214 cm³/mol. The molecule has 14 heteroatoms. The summed E-state index contributed by atoms with van der Waals surface area (Å²) in [5, 5.41) is 14.5. The highest BCUT2D eigenvalue weighted by Gasteiger charge is 2.39. The van der Waals surface area contributed by atoms with E-state index in [1.165, 1.54) is 18.7 Å². The van der Waals surface area contributed by atoms with Gasteiger partial charge in [-0.2, -0.15) is 0 Å². The summed E-state index contributed by atoms with van der Waals surface area (Å²) in [5.74, 6) is -4.66. The fourth-order valence-corrected chi connectivity index (χ4v) is 8.09. The Hall–Kier alpha value is -4.17. The van der Waals surface area contributed by atoms with Crippen LogP contribution in [0.1, 0.15) is 126 Å². The minimum Gasteiger partial charge on any atom is -0.481 e. The number of carbonyl (C=O) groups excluding carboxylic acids is 5. The molecule has 2 amide bonds. The molecular weight excluding hydrogens is 737 g/mol. The lowest BCUT2D eigenvalue weighted by molar-refractivity contribution is -0.160. The topological polar surface area (TPSA) is 173 Å². The first-order valence-electron chi connectivity index (χ1n) is 19.8. The van der Waals surface area contributed by atoms with Crippen molar-refractivity contribution < 1.29 is 43.3 Å². The second-order valence-electron chi connectivity index (χ2n) is 15.8. The summed E-state index contributed by atoms with van der Waals surface area (Å²) in [7, 11) is 1.94. The van der Waals surface area contributed by atoms with E-state index in [4.69, 9.17) is 9.47 Å². The van der Waals surface area contributed by atoms with Gasteiger partial charge in [-0.3, -0.25) is 33.7 Å². The number of aryl methyl sites for hydroxylation is 1. The highest BCUT2D eigenvalue weighted by molar-refractivity contribution is 7.09. The number of rotatable bonds is 21. The number of likely N-dealkylation sites (N-methyl/N-ethyl adjacent to an activating group) is 1. The van der Waals surface area contributed by atoms with Crippen LogP contribution in [0, 0.1) is 30.6 Å². The fourth-order valence-electron chi connectivity index (χ4n) is 7.25. The van der Waals surface area contributed by atoms with Gasteiger partial charge in [0.25, 0.3) is 5.91 Å². The Morgan fingerprint density at radius 1 is 1.02 bits per heavy atom. The third-order valence-corrected chi connectivity index (χ3v) is 11.8. The van der Waals surface area contributed by atoms with Gasteiger partial charge < -0.3 is 24.8 Å². The van der Waals surface area contributed by atoms with Gasteiger partial charge in [-0.15, -0.1) is 11.3 Å². The van der Waals surface area contributed by atoms with E-state index >= 15 is 0 Å². The zero-order valence-electron chi connectivity index (χ0n) is 34.5. The van der Waals surface area contributed by atoms with E-state index in [2.05, 4.69) is 15.2 Å². The van der Waals surface area contributed by atoms with Crippen LogP contribution in [0.25, 0.3) is 0 Å². The van der Waals surface area contributed by atoms with Gasteiger partial charge in [0.1, 0.15) is 10.7 Å². The van der Waals surface area contributed by atoms with Crippen LogP contribution in [0.4, 0.5) is 0 Å². The Morgan fingerprint density at radius 3 is 2.27 bits per heavy atom. The third kappa shape index (κ3) is 13.8. The molecule has 310 valence electrons. The van der Waals surface area contributed by atoms with E-state index in [9.17, 15) is 33.9 Å². The van der Waals surface area contributed by atoms with Crippen molar-refractivity contribution in [3.63, 3.8) is 0 Å². The number of aromatic nitrogens is 1. The molecule has 0 radical (unpaired) electrons. The van der Waals surface area contributed by atoms with Crippen molar-refractivity contribution in [1.82, 2.24) is 20.1 Å². The van der Waals surface area contributed by atoms with Crippen molar-refractivity contribution in [3.05, 3.63) is 51.5 Å². The van der Waals surface area contributed by atoms with Crippen LogP contribution in [-0.4, -0.2) is 93.8 Å². The van der Waals surface area contributed by atoms with Crippen molar-refractivity contribution in [3.8, 4) is 0 Å². The molecule has 0 spiro atoms. The summed E-state index contributed by atoms with van der Waals surface area (Å²) in [4.78, 5) is 86.5. The molecule has 2 aromatic rings. The Morgan fingerprint density at radius 2 is 1.70 bits per heavy atom. The van der Waals surface area contributed by atoms with Crippen molar-refractivity contribution in [2.45, 2.75) is 131 Å². The summed E-state index contributed by atoms with van der Waals surface area (Å²) < 4.78 is 11.3. The molecule has 0 aliphatic carbocycles. The number of carboxylic acid groups (broad SMARTS) is 1. The molecule has 0 bridgehead atoms. The number of ether oxygens (including phenoxy) is 2. The molecule has 1 fully saturated rings. The normalized spacial score (nSPS) is 17.9. The quantitative estimate of drug-likeness (QED) is 0.106. The lowest BCUT2D eigenvalue weighted by atomic mass is 9.82. The van der Waals surface area contributed by atoms with E-state index in [0.29, 0.717) is 17.8 Å². The van der Waals surface area contributed by atoms with Crippen LogP contribution in [0.15, 0.2) is 29.6 Å². The summed E-state index contributed by atoms with van der Waals surface area (Å²) in [6.45, 7) is 14.3. The van der Waals surface area contributed by atoms with E-state index in [-0.39, 0.29) is 61.3 Å². The van der Waals surface area contributed by atoms with Crippen LogP contribution < -0.4 is 5.32 Å². The SMILES string of the molecule is CC[C@H](C)C(CC(=O)[C@H]1CCCCN1C)C(=O)N(COC(C)=O)[C@H](C[C@@H](OC(C)=O)c1nc(C(=O)N[C@@H](Cc2ccc(C)cc2)C[C@H](C)C(=O)O)cs1)C(C)C. The van der Waals surface area contributed by atoms with Gasteiger partial charge in [0.15, 0.2) is 18.6 Å². The monoisotopic (exact) mass is 798 g/mol. The highest BCUT2D eigenvalue weighted by atomic mass is 32.1. The molecule has 3 rings (SSSR count). The van der Waals surface area contributed by atoms with Crippen molar-refractivity contribution in [2.24, 2.45) is 23.7 Å². The third-order valence-electron chi connectivity index (χ3n) is 10.9. The average molecular weight is 799 g/mol. The summed E-state index contributed by atoms with van der Waals surface area (Å²) in [6.07, 6.45) is 3.16. The van der Waals surface area contributed by atoms with Crippen LogP contribution in [0.3, 0.4) is 0 Å². The van der Waals surface area contributed by atoms with Gasteiger partial charge in [0.05, 0.1) is 12.0 Å². The molecule has 0 saturated carbocycles. The number of piperidine rings is 1. The maximum absolute atomic E-state index is 14.7. The number of Topliss-reactive ketones (excluding diaryl/α,β-unsaturated/α-hetero) is 1. The Kier molecular flexibility index (Phi) is 18.1. The molecule has 13 nitrogen and oxygen atoms in total.